The number of carbonyl (C=O) groups is 1. The van der Waals surface area contributed by atoms with Gasteiger partial charge in [-0.15, -0.1) is 0 Å². The maximum absolute atomic E-state index is 12.4. The minimum absolute atomic E-state index is 0.137. The summed E-state index contributed by atoms with van der Waals surface area (Å²) >= 11 is 0. The Labute approximate surface area is 135 Å². The molecule has 1 aromatic heterocycles. The SMILES string of the molecule is O=C1NCCCn2cc(S(=O)(=O)NCCc3ccccc3)cc21. The number of hydrogen-bond acceptors (Lipinski definition) is 3. The van der Waals surface area contributed by atoms with Crippen molar-refractivity contribution in [1.29, 1.82) is 0 Å². The van der Waals surface area contributed by atoms with E-state index in [2.05, 4.69) is 10.0 Å². The maximum atomic E-state index is 12.4. The highest BCUT2D eigenvalue weighted by Gasteiger charge is 2.22. The Morgan fingerprint density at radius 1 is 1.22 bits per heavy atom. The van der Waals surface area contributed by atoms with Gasteiger partial charge in [0.15, 0.2) is 0 Å². The first-order valence-electron chi connectivity index (χ1n) is 7.58. The molecule has 122 valence electrons. The van der Waals surface area contributed by atoms with Crippen molar-refractivity contribution in [2.24, 2.45) is 0 Å². The van der Waals surface area contributed by atoms with Crippen molar-refractivity contribution in [3.8, 4) is 0 Å². The molecule has 3 rings (SSSR count). The van der Waals surface area contributed by atoms with Crippen LogP contribution in [0.5, 0.6) is 0 Å². The lowest BCUT2D eigenvalue weighted by Gasteiger charge is -2.05. The van der Waals surface area contributed by atoms with Crippen LogP contribution in [0.2, 0.25) is 0 Å². The highest BCUT2D eigenvalue weighted by molar-refractivity contribution is 7.89. The van der Waals surface area contributed by atoms with Crippen LogP contribution in [0, 0.1) is 0 Å². The van der Waals surface area contributed by atoms with Gasteiger partial charge in [0.25, 0.3) is 5.91 Å². The normalized spacial score (nSPS) is 14.9. The minimum atomic E-state index is -3.61. The number of benzene rings is 1. The third-order valence-electron chi connectivity index (χ3n) is 3.82. The van der Waals surface area contributed by atoms with Gasteiger partial charge in [0.1, 0.15) is 10.6 Å². The van der Waals surface area contributed by atoms with Gasteiger partial charge in [-0.25, -0.2) is 13.1 Å². The molecule has 0 unspecified atom stereocenters. The lowest BCUT2D eigenvalue weighted by Crippen LogP contribution is -2.26. The van der Waals surface area contributed by atoms with Gasteiger partial charge in [0.05, 0.1) is 0 Å². The molecule has 0 bridgehead atoms. The fraction of sp³-hybridized carbons (Fsp3) is 0.312. The number of sulfonamides is 1. The molecule has 0 saturated carbocycles. The summed E-state index contributed by atoms with van der Waals surface area (Å²) in [7, 11) is -3.61. The van der Waals surface area contributed by atoms with E-state index in [0.29, 0.717) is 31.7 Å². The predicted molar refractivity (Wildman–Crippen MR) is 86.7 cm³/mol. The highest BCUT2D eigenvalue weighted by Crippen LogP contribution is 2.16. The summed E-state index contributed by atoms with van der Waals surface area (Å²) in [4.78, 5) is 12.0. The fourth-order valence-corrected chi connectivity index (χ4v) is 3.68. The van der Waals surface area contributed by atoms with Crippen LogP contribution >= 0.6 is 0 Å². The third-order valence-corrected chi connectivity index (χ3v) is 5.25. The monoisotopic (exact) mass is 333 g/mol. The Bertz CT molecular complexity index is 797. The number of amides is 1. The van der Waals surface area contributed by atoms with E-state index in [-0.39, 0.29) is 10.8 Å². The van der Waals surface area contributed by atoms with Crippen LogP contribution < -0.4 is 10.0 Å². The zero-order valence-electron chi connectivity index (χ0n) is 12.7. The van der Waals surface area contributed by atoms with E-state index in [4.69, 9.17) is 0 Å². The smallest absolute Gasteiger partial charge is 0.267 e. The van der Waals surface area contributed by atoms with E-state index in [0.717, 1.165) is 12.0 Å². The van der Waals surface area contributed by atoms with Crippen molar-refractivity contribution in [1.82, 2.24) is 14.6 Å². The van der Waals surface area contributed by atoms with Gasteiger partial charge in [-0.1, -0.05) is 30.3 Å². The first-order chi connectivity index (χ1) is 11.1. The number of nitrogens with one attached hydrogen (secondary N) is 2. The number of fused-ring (bicyclic) bond motifs is 1. The summed E-state index contributed by atoms with van der Waals surface area (Å²) in [5.74, 6) is -0.228. The second-order valence-corrected chi connectivity index (χ2v) is 7.26. The molecule has 1 aliphatic heterocycles. The number of carbonyl (C=O) groups excluding carboxylic acids is 1. The Morgan fingerprint density at radius 3 is 2.78 bits per heavy atom. The molecule has 0 spiro atoms. The summed E-state index contributed by atoms with van der Waals surface area (Å²) < 4.78 is 29.0. The number of hydrogen-bond donors (Lipinski definition) is 2. The number of rotatable bonds is 5. The van der Waals surface area contributed by atoms with Crippen LogP contribution in [0.4, 0.5) is 0 Å². The molecule has 0 radical (unpaired) electrons. The van der Waals surface area contributed by atoms with Crippen LogP contribution in [0.1, 0.15) is 22.5 Å². The average Bonchev–Trinajstić information content (AvgIpc) is 2.90. The van der Waals surface area contributed by atoms with Gasteiger partial charge >= 0.3 is 0 Å². The second-order valence-electron chi connectivity index (χ2n) is 5.50. The maximum Gasteiger partial charge on any atom is 0.267 e. The number of nitrogens with zero attached hydrogens (tertiary/aromatic N) is 1. The number of aromatic nitrogens is 1. The largest absolute Gasteiger partial charge is 0.351 e. The fourth-order valence-electron chi connectivity index (χ4n) is 2.61. The van der Waals surface area contributed by atoms with Crippen LogP contribution in [0.25, 0.3) is 0 Å². The van der Waals surface area contributed by atoms with E-state index in [1.807, 2.05) is 30.3 Å². The van der Waals surface area contributed by atoms with Gasteiger partial charge < -0.3 is 9.88 Å². The molecule has 1 aliphatic rings. The van der Waals surface area contributed by atoms with E-state index in [1.54, 1.807) is 4.57 Å². The topological polar surface area (TPSA) is 80.2 Å². The molecule has 1 amide bonds. The summed E-state index contributed by atoms with van der Waals surface area (Å²) in [5, 5.41) is 2.76. The average molecular weight is 333 g/mol. The molecule has 2 N–H and O–H groups in total. The van der Waals surface area contributed by atoms with E-state index >= 15 is 0 Å². The van der Waals surface area contributed by atoms with Crippen molar-refractivity contribution < 1.29 is 13.2 Å². The van der Waals surface area contributed by atoms with Crippen LogP contribution in [0.3, 0.4) is 0 Å². The molecule has 1 aromatic carbocycles. The molecule has 0 fully saturated rings. The van der Waals surface area contributed by atoms with Crippen LogP contribution in [-0.2, 0) is 23.0 Å². The molecule has 2 heterocycles. The summed E-state index contributed by atoms with van der Waals surface area (Å²) in [6.07, 6.45) is 2.94. The van der Waals surface area contributed by atoms with Gasteiger partial charge in [0, 0.05) is 25.8 Å². The summed E-state index contributed by atoms with van der Waals surface area (Å²) in [5.41, 5.74) is 1.47. The van der Waals surface area contributed by atoms with Crippen molar-refractivity contribution in [3.05, 3.63) is 53.9 Å². The van der Waals surface area contributed by atoms with Gasteiger partial charge in [-0.05, 0) is 24.5 Å². The van der Waals surface area contributed by atoms with Crippen molar-refractivity contribution in [2.75, 3.05) is 13.1 Å². The number of aryl methyl sites for hydroxylation is 1. The quantitative estimate of drug-likeness (QED) is 0.861. The molecule has 0 saturated heterocycles. The van der Waals surface area contributed by atoms with Crippen molar-refractivity contribution in [3.63, 3.8) is 0 Å². The Hall–Kier alpha value is -2.12. The molecule has 0 atom stereocenters. The molecule has 0 aliphatic carbocycles. The molecule has 6 nitrogen and oxygen atoms in total. The van der Waals surface area contributed by atoms with Crippen molar-refractivity contribution >= 4 is 15.9 Å². The molecular weight excluding hydrogens is 314 g/mol. The zero-order valence-corrected chi connectivity index (χ0v) is 13.5. The highest BCUT2D eigenvalue weighted by atomic mass is 32.2. The van der Waals surface area contributed by atoms with Gasteiger partial charge in [-0.3, -0.25) is 4.79 Å². The van der Waals surface area contributed by atoms with E-state index in [1.165, 1.54) is 12.3 Å². The first-order valence-corrected chi connectivity index (χ1v) is 9.06. The van der Waals surface area contributed by atoms with Crippen LogP contribution in [0.15, 0.2) is 47.5 Å². The lowest BCUT2D eigenvalue weighted by atomic mass is 10.2. The van der Waals surface area contributed by atoms with Crippen molar-refractivity contribution in [2.45, 2.75) is 24.3 Å². The lowest BCUT2D eigenvalue weighted by molar-refractivity contribution is 0.0951. The van der Waals surface area contributed by atoms with E-state index in [9.17, 15) is 13.2 Å². The third kappa shape index (κ3) is 3.62. The van der Waals surface area contributed by atoms with Gasteiger partial charge in [0.2, 0.25) is 10.0 Å². The first kappa shape index (κ1) is 15.8. The summed E-state index contributed by atoms with van der Waals surface area (Å²) in [6, 6.07) is 11.1. The van der Waals surface area contributed by atoms with E-state index < -0.39 is 10.0 Å². The minimum Gasteiger partial charge on any atom is -0.351 e. The summed E-state index contributed by atoms with van der Waals surface area (Å²) in [6.45, 7) is 1.56. The molecule has 7 heteroatoms. The molecular formula is C16H19N3O3S. The molecule has 23 heavy (non-hydrogen) atoms. The Balaban J connectivity index is 1.70. The van der Waals surface area contributed by atoms with Gasteiger partial charge in [-0.2, -0.15) is 0 Å². The predicted octanol–water partition coefficient (Wildman–Crippen LogP) is 1.14. The Kier molecular flexibility index (Phi) is 4.49. The Morgan fingerprint density at radius 2 is 2.00 bits per heavy atom. The zero-order chi connectivity index (χ0) is 16.3. The molecule has 2 aromatic rings. The standard InChI is InChI=1S/C16H19N3O3S/c20-16-15-11-14(12-19(15)10-4-8-17-16)23(21,22)18-9-7-13-5-2-1-3-6-13/h1-3,5-6,11-12,18H,4,7-10H2,(H,17,20). The second kappa shape index (κ2) is 6.55. The van der Waals surface area contributed by atoms with Crippen LogP contribution in [-0.4, -0.2) is 32.0 Å².